The van der Waals surface area contributed by atoms with Gasteiger partial charge in [0.15, 0.2) is 11.6 Å². The number of rotatable bonds is 2. The normalized spacial score (nSPS) is 10.7. The molecule has 0 saturated carbocycles. The molecule has 16 heavy (non-hydrogen) atoms. The molecule has 5 nitrogen and oxygen atoms in total. The van der Waals surface area contributed by atoms with Crippen LogP contribution in [-0.2, 0) is 13.5 Å². The zero-order valence-electron chi connectivity index (χ0n) is 9.73. The summed E-state index contributed by atoms with van der Waals surface area (Å²) in [5.74, 6) is 1.86. The standard InChI is InChI=1S/C11H15N5/c1-4-8-7(2)9(12)15-10(14-8)11-13-5-6-16(11)3/h5-6H,4H2,1-3H3,(H2,12,14,15). The lowest BCUT2D eigenvalue weighted by Gasteiger charge is -2.08. The van der Waals surface area contributed by atoms with Gasteiger partial charge in [-0.1, -0.05) is 6.92 Å². The predicted octanol–water partition coefficient (Wildman–Crippen LogP) is 1.33. The summed E-state index contributed by atoms with van der Waals surface area (Å²) >= 11 is 0. The maximum absolute atomic E-state index is 5.87. The Morgan fingerprint density at radius 1 is 1.38 bits per heavy atom. The molecule has 0 unspecified atom stereocenters. The summed E-state index contributed by atoms with van der Waals surface area (Å²) in [6.45, 7) is 3.99. The molecule has 2 N–H and O–H groups in total. The summed E-state index contributed by atoms with van der Waals surface area (Å²) in [6, 6.07) is 0. The van der Waals surface area contributed by atoms with Gasteiger partial charge in [-0.15, -0.1) is 0 Å². The first-order valence-electron chi connectivity index (χ1n) is 5.24. The third-order valence-corrected chi connectivity index (χ3v) is 2.64. The van der Waals surface area contributed by atoms with Crippen molar-refractivity contribution in [1.29, 1.82) is 0 Å². The number of anilines is 1. The fourth-order valence-electron chi connectivity index (χ4n) is 1.61. The smallest absolute Gasteiger partial charge is 0.198 e. The Bertz CT molecular complexity index is 515. The van der Waals surface area contributed by atoms with Gasteiger partial charge in [0.05, 0.1) is 0 Å². The summed E-state index contributed by atoms with van der Waals surface area (Å²) in [5, 5.41) is 0. The van der Waals surface area contributed by atoms with Crippen molar-refractivity contribution in [2.24, 2.45) is 7.05 Å². The molecule has 2 aromatic heterocycles. The lowest BCUT2D eigenvalue weighted by atomic mass is 10.2. The molecule has 0 spiro atoms. The molecule has 0 aromatic carbocycles. The minimum Gasteiger partial charge on any atom is -0.383 e. The second-order valence-electron chi connectivity index (χ2n) is 3.72. The van der Waals surface area contributed by atoms with Gasteiger partial charge in [-0.25, -0.2) is 15.0 Å². The van der Waals surface area contributed by atoms with E-state index in [1.807, 2.05) is 24.7 Å². The van der Waals surface area contributed by atoms with Crippen LogP contribution < -0.4 is 5.73 Å². The maximum Gasteiger partial charge on any atom is 0.198 e. The van der Waals surface area contributed by atoms with E-state index < -0.39 is 0 Å². The van der Waals surface area contributed by atoms with E-state index in [1.54, 1.807) is 6.20 Å². The SMILES string of the molecule is CCc1nc(-c2nccn2C)nc(N)c1C. The molecule has 0 amide bonds. The van der Waals surface area contributed by atoms with Gasteiger partial charge >= 0.3 is 0 Å². The van der Waals surface area contributed by atoms with E-state index in [9.17, 15) is 0 Å². The molecule has 0 bridgehead atoms. The first-order chi connectivity index (χ1) is 7.63. The van der Waals surface area contributed by atoms with E-state index in [0.29, 0.717) is 11.6 Å². The van der Waals surface area contributed by atoms with Gasteiger partial charge in [-0.3, -0.25) is 0 Å². The van der Waals surface area contributed by atoms with E-state index >= 15 is 0 Å². The van der Waals surface area contributed by atoms with Gasteiger partial charge < -0.3 is 10.3 Å². The number of aromatic nitrogens is 4. The Labute approximate surface area is 94.4 Å². The zero-order chi connectivity index (χ0) is 11.7. The number of hydrogen-bond acceptors (Lipinski definition) is 4. The highest BCUT2D eigenvalue weighted by molar-refractivity contribution is 5.52. The summed E-state index contributed by atoms with van der Waals surface area (Å²) in [4.78, 5) is 13.0. The lowest BCUT2D eigenvalue weighted by molar-refractivity contribution is 0.892. The molecule has 2 aromatic rings. The van der Waals surface area contributed by atoms with Crippen molar-refractivity contribution in [3.63, 3.8) is 0 Å². The van der Waals surface area contributed by atoms with Crippen LogP contribution in [0.2, 0.25) is 0 Å². The summed E-state index contributed by atoms with van der Waals surface area (Å²) in [7, 11) is 1.91. The van der Waals surface area contributed by atoms with Crippen molar-refractivity contribution in [3.05, 3.63) is 23.7 Å². The molecule has 84 valence electrons. The number of nitrogen functional groups attached to an aromatic ring is 1. The van der Waals surface area contributed by atoms with Crippen LogP contribution in [0.4, 0.5) is 5.82 Å². The van der Waals surface area contributed by atoms with E-state index in [2.05, 4.69) is 21.9 Å². The van der Waals surface area contributed by atoms with Gasteiger partial charge in [-0.2, -0.15) is 0 Å². The van der Waals surface area contributed by atoms with E-state index in [-0.39, 0.29) is 0 Å². The molecular formula is C11H15N5. The predicted molar refractivity (Wildman–Crippen MR) is 62.8 cm³/mol. The zero-order valence-corrected chi connectivity index (χ0v) is 9.73. The number of nitrogens with two attached hydrogens (primary N) is 1. The van der Waals surface area contributed by atoms with Crippen molar-refractivity contribution in [1.82, 2.24) is 19.5 Å². The van der Waals surface area contributed by atoms with Crippen LogP contribution in [0.25, 0.3) is 11.6 Å². The molecule has 0 atom stereocenters. The van der Waals surface area contributed by atoms with Gasteiger partial charge in [0.25, 0.3) is 0 Å². The fourth-order valence-corrected chi connectivity index (χ4v) is 1.61. The molecule has 0 aliphatic rings. The maximum atomic E-state index is 5.87. The van der Waals surface area contributed by atoms with E-state index in [4.69, 9.17) is 5.73 Å². The number of imidazole rings is 1. The van der Waals surface area contributed by atoms with Crippen LogP contribution >= 0.6 is 0 Å². The molecular weight excluding hydrogens is 202 g/mol. The highest BCUT2D eigenvalue weighted by atomic mass is 15.1. The van der Waals surface area contributed by atoms with Gasteiger partial charge in [0.2, 0.25) is 0 Å². The third-order valence-electron chi connectivity index (χ3n) is 2.64. The molecule has 0 saturated heterocycles. The quantitative estimate of drug-likeness (QED) is 0.823. The van der Waals surface area contributed by atoms with Gasteiger partial charge in [-0.05, 0) is 13.3 Å². The molecule has 0 fully saturated rings. The first kappa shape index (κ1) is 10.6. The topological polar surface area (TPSA) is 69.6 Å². The minimum absolute atomic E-state index is 0.532. The number of hydrogen-bond donors (Lipinski definition) is 1. The van der Waals surface area contributed by atoms with Crippen molar-refractivity contribution < 1.29 is 0 Å². The van der Waals surface area contributed by atoms with Crippen molar-refractivity contribution in [2.45, 2.75) is 20.3 Å². The molecule has 2 heterocycles. The van der Waals surface area contributed by atoms with Crippen molar-refractivity contribution in [2.75, 3.05) is 5.73 Å². The van der Waals surface area contributed by atoms with Crippen molar-refractivity contribution in [3.8, 4) is 11.6 Å². The summed E-state index contributed by atoms with van der Waals surface area (Å²) in [5.41, 5.74) is 7.80. The largest absolute Gasteiger partial charge is 0.383 e. The second kappa shape index (κ2) is 3.92. The average molecular weight is 217 g/mol. The van der Waals surface area contributed by atoms with Gasteiger partial charge in [0, 0.05) is 30.7 Å². The van der Waals surface area contributed by atoms with Crippen LogP contribution in [0.5, 0.6) is 0 Å². The van der Waals surface area contributed by atoms with Crippen LogP contribution in [0, 0.1) is 6.92 Å². The molecule has 0 radical (unpaired) electrons. The molecule has 0 aliphatic carbocycles. The second-order valence-corrected chi connectivity index (χ2v) is 3.72. The summed E-state index contributed by atoms with van der Waals surface area (Å²) < 4.78 is 1.88. The number of nitrogens with zero attached hydrogens (tertiary/aromatic N) is 4. The highest BCUT2D eigenvalue weighted by Crippen LogP contribution is 2.18. The monoisotopic (exact) mass is 217 g/mol. The Kier molecular flexibility index (Phi) is 2.60. The Morgan fingerprint density at radius 3 is 2.69 bits per heavy atom. The van der Waals surface area contributed by atoms with Crippen LogP contribution in [0.15, 0.2) is 12.4 Å². The van der Waals surface area contributed by atoms with Crippen LogP contribution in [-0.4, -0.2) is 19.5 Å². The molecule has 0 aliphatic heterocycles. The fraction of sp³-hybridized carbons (Fsp3) is 0.364. The van der Waals surface area contributed by atoms with E-state index in [1.165, 1.54) is 0 Å². The van der Waals surface area contributed by atoms with Crippen molar-refractivity contribution >= 4 is 5.82 Å². The van der Waals surface area contributed by atoms with Crippen LogP contribution in [0.3, 0.4) is 0 Å². The Balaban J connectivity index is 2.59. The Hall–Kier alpha value is -1.91. The lowest BCUT2D eigenvalue weighted by Crippen LogP contribution is -2.06. The third kappa shape index (κ3) is 1.64. The van der Waals surface area contributed by atoms with Crippen LogP contribution in [0.1, 0.15) is 18.2 Å². The molecule has 5 heteroatoms. The first-order valence-corrected chi connectivity index (χ1v) is 5.24. The Morgan fingerprint density at radius 2 is 2.12 bits per heavy atom. The van der Waals surface area contributed by atoms with Gasteiger partial charge in [0.1, 0.15) is 5.82 Å². The number of aryl methyl sites for hydroxylation is 2. The highest BCUT2D eigenvalue weighted by Gasteiger charge is 2.11. The molecule has 2 rings (SSSR count). The summed E-state index contributed by atoms with van der Waals surface area (Å²) in [6.07, 6.45) is 4.43. The minimum atomic E-state index is 0.532. The average Bonchev–Trinajstić information content (AvgIpc) is 2.68. The van der Waals surface area contributed by atoms with E-state index in [0.717, 1.165) is 23.5 Å².